The van der Waals surface area contributed by atoms with Gasteiger partial charge in [0, 0.05) is 18.7 Å². The Hall–Kier alpha value is -1.81. The monoisotopic (exact) mass is 289 g/mol. The lowest BCUT2D eigenvalue weighted by molar-refractivity contribution is 0.0652. The van der Waals surface area contributed by atoms with Gasteiger partial charge in [-0.25, -0.2) is 4.68 Å². The van der Waals surface area contributed by atoms with Gasteiger partial charge >= 0.3 is 0 Å². The van der Waals surface area contributed by atoms with Crippen LogP contribution in [-0.2, 0) is 0 Å². The molecule has 0 N–H and O–H groups in total. The fraction of sp³-hybridized carbons (Fsp3) is 0.333. The zero-order valence-electron chi connectivity index (χ0n) is 11.6. The Morgan fingerprint density at radius 3 is 2.30 bits per heavy atom. The third kappa shape index (κ3) is 2.10. The van der Waals surface area contributed by atoms with E-state index in [1.54, 1.807) is 4.68 Å². The van der Waals surface area contributed by atoms with Crippen molar-refractivity contribution in [1.82, 2.24) is 14.7 Å². The molecular weight excluding hydrogens is 274 g/mol. The van der Waals surface area contributed by atoms with Crippen LogP contribution >= 0.6 is 11.6 Å². The van der Waals surface area contributed by atoms with Crippen LogP contribution in [0.2, 0.25) is 5.02 Å². The van der Waals surface area contributed by atoms with Gasteiger partial charge in [-0.15, -0.1) is 0 Å². The summed E-state index contributed by atoms with van der Waals surface area (Å²) in [6.07, 6.45) is 1.11. The van der Waals surface area contributed by atoms with Crippen molar-refractivity contribution in [2.24, 2.45) is 0 Å². The number of rotatable bonds is 2. The van der Waals surface area contributed by atoms with E-state index in [4.69, 9.17) is 11.6 Å². The summed E-state index contributed by atoms with van der Waals surface area (Å²) < 4.78 is 1.80. The summed E-state index contributed by atoms with van der Waals surface area (Å²) >= 11 is 6.15. The smallest absolute Gasteiger partial charge is 0.253 e. The van der Waals surface area contributed by atoms with Crippen molar-refractivity contribution in [3.63, 3.8) is 0 Å². The third-order valence-electron chi connectivity index (χ3n) is 3.71. The Bertz CT molecular complexity index is 657. The summed E-state index contributed by atoms with van der Waals surface area (Å²) in [6, 6.07) is 7.51. The Labute approximate surface area is 123 Å². The number of amides is 1. The van der Waals surface area contributed by atoms with Crippen LogP contribution in [0, 0.1) is 13.8 Å². The number of aryl methyl sites for hydroxylation is 1. The maximum Gasteiger partial charge on any atom is 0.253 e. The van der Waals surface area contributed by atoms with Crippen LogP contribution in [0.3, 0.4) is 0 Å². The molecule has 1 saturated heterocycles. The van der Waals surface area contributed by atoms with Crippen molar-refractivity contribution in [3.05, 3.63) is 46.2 Å². The third-order valence-corrected chi connectivity index (χ3v) is 4.25. The number of benzene rings is 1. The first-order valence-corrected chi connectivity index (χ1v) is 7.07. The minimum Gasteiger partial charge on any atom is -0.339 e. The lowest BCUT2D eigenvalue weighted by Crippen LogP contribution is -2.41. The fourth-order valence-electron chi connectivity index (χ4n) is 2.32. The molecule has 0 aliphatic carbocycles. The van der Waals surface area contributed by atoms with E-state index in [0.717, 1.165) is 42.1 Å². The van der Waals surface area contributed by atoms with Crippen molar-refractivity contribution in [1.29, 1.82) is 0 Å². The second-order valence-electron chi connectivity index (χ2n) is 5.09. The molecule has 0 saturated carbocycles. The Morgan fingerprint density at radius 1 is 1.20 bits per heavy atom. The standard InChI is InChI=1S/C15H16ClN3O/c1-10-14(16)11(2)19(17-10)13-6-4-12(5-7-13)15(20)18-8-3-9-18/h4-7H,3,8-9H2,1-2H3. The molecule has 2 aromatic rings. The van der Waals surface area contributed by atoms with Crippen LogP contribution in [0.15, 0.2) is 24.3 Å². The molecule has 5 heteroatoms. The molecule has 2 heterocycles. The second kappa shape index (κ2) is 4.94. The molecular formula is C15H16ClN3O. The summed E-state index contributed by atoms with van der Waals surface area (Å²) in [5, 5.41) is 5.09. The molecule has 104 valence electrons. The van der Waals surface area contributed by atoms with Gasteiger partial charge in [-0.3, -0.25) is 4.79 Å². The van der Waals surface area contributed by atoms with Crippen LogP contribution in [0.5, 0.6) is 0 Å². The number of hydrogen-bond acceptors (Lipinski definition) is 2. The highest BCUT2D eigenvalue weighted by atomic mass is 35.5. The minimum absolute atomic E-state index is 0.106. The van der Waals surface area contributed by atoms with Crippen LogP contribution in [0.25, 0.3) is 5.69 Å². The van der Waals surface area contributed by atoms with Crippen molar-refractivity contribution in [2.45, 2.75) is 20.3 Å². The number of nitrogens with zero attached hydrogens (tertiary/aromatic N) is 3. The van der Waals surface area contributed by atoms with Gasteiger partial charge in [-0.1, -0.05) is 11.6 Å². The SMILES string of the molecule is Cc1nn(-c2ccc(C(=O)N3CCC3)cc2)c(C)c1Cl. The zero-order chi connectivity index (χ0) is 14.3. The van der Waals surface area contributed by atoms with Gasteiger partial charge in [-0.2, -0.15) is 5.10 Å². The molecule has 1 aromatic carbocycles. The lowest BCUT2D eigenvalue weighted by atomic mass is 10.1. The average Bonchev–Trinajstić information content (AvgIpc) is 2.65. The second-order valence-corrected chi connectivity index (χ2v) is 5.47. The Morgan fingerprint density at radius 2 is 1.85 bits per heavy atom. The van der Waals surface area contributed by atoms with Gasteiger partial charge in [0.15, 0.2) is 0 Å². The summed E-state index contributed by atoms with van der Waals surface area (Å²) in [4.78, 5) is 13.9. The molecule has 4 nitrogen and oxygen atoms in total. The first-order chi connectivity index (χ1) is 9.58. The summed E-state index contributed by atoms with van der Waals surface area (Å²) in [5.41, 5.74) is 3.36. The molecule has 20 heavy (non-hydrogen) atoms. The molecule has 0 atom stereocenters. The highest BCUT2D eigenvalue weighted by Gasteiger charge is 2.21. The van der Waals surface area contributed by atoms with Gasteiger partial charge in [0.2, 0.25) is 0 Å². The van der Waals surface area contributed by atoms with Crippen LogP contribution in [0.4, 0.5) is 0 Å². The van der Waals surface area contributed by atoms with E-state index in [1.165, 1.54) is 0 Å². The lowest BCUT2D eigenvalue weighted by Gasteiger charge is -2.30. The highest BCUT2D eigenvalue weighted by Crippen LogP contribution is 2.23. The molecule has 1 aromatic heterocycles. The number of aromatic nitrogens is 2. The summed E-state index contributed by atoms with van der Waals surface area (Å²) in [6.45, 7) is 5.55. The van der Waals surface area contributed by atoms with Gasteiger partial charge in [-0.05, 0) is 44.5 Å². The predicted molar refractivity (Wildman–Crippen MR) is 78.6 cm³/mol. The number of carbonyl (C=O) groups excluding carboxylic acids is 1. The van der Waals surface area contributed by atoms with Crippen molar-refractivity contribution >= 4 is 17.5 Å². The minimum atomic E-state index is 0.106. The van der Waals surface area contributed by atoms with Gasteiger partial charge in [0.25, 0.3) is 5.91 Å². The van der Waals surface area contributed by atoms with Crippen LogP contribution in [-0.4, -0.2) is 33.7 Å². The molecule has 0 unspecified atom stereocenters. The van der Waals surface area contributed by atoms with Crippen LogP contribution < -0.4 is 0 Å². The van der Waals surface area contributed by atoms with Gasteiger partial charge in [0.1, 0.15) is 0 Å². The fourth-order valence-corrected chi connectivity index (χ4v) is 2.44. The average molecular weight is 290 g/mol. The van der Waals surface area contributed by atoms with Crippen molar-refractivity contribution < 1.29 is 4.79 Å². The van der Waals surface area contributed by atoms with E-state index < -0.39 is 0 Å². The number of halogens is 1. The predicted octanol–water partition coefficient (Wildman–Crippen LogP) is 2.99. The number of hydrogen-bond donors (Lipinski definition) is 0. The zero-order valence-corrected chi connectivity index (χ0v) is 12.3. The molecule has 1 aliphatic rings. The maximum atomic E-state index is 12.1. The molecule has 0 spiro atoms. The van der Waals surface area contributed by atoms with Gasteiger partial charge < -0.3 is 4.90 Å². The van der Waals surface area contributed by atoms with E-state index in [0.29, 0.717) is 5.02 Å². The number of likely N-dealkylation sites (tertiary alicyclic amines) is 1. The van der Waals surface area contributed by atoms with E-state index in [9.17, 15) is 4.79 Å². The Balaban J connectivity index is 1.89. The topological polar surface area (TPSA) is 38.1 Å². The summed E-state index contributed by atoms with van der Waals surface area (Å²) in [5.74, 6) is 0.106. The maximum absolute atomic E-state index is 12.1. The van der Waals surface area contributed by atoms with Crippen LogP contribution in [0.1, 0.15) is 28.2 Å². The van der Waals surface area contributed by atoms with Crippen molar-refractivity contribution in [2.75, 3.05) is 13.1 Å². The molecule has 1 amide bonds. The van der Waals surface area contributed by atoms with E-state index in [2.05, 4.69) is 5.10 Å². The van der Waals surface area contributed by atoms with Gasteiger partial charge in [0.05, 0.1) is 22.1 Å². The van der Waals surface area contributed by atoms with E-state index in [-0.39, 0.29) is 5.91 Å². The van der Waals surface area contributed by atoms with E-state index in [1.807, 2.05) is 43.0 Å². The first kappa shape index (κ1) is 13.2. The van der Waals surface area contributed by atoms with E-state index >= 15 is 0 Å². The molecule has 1 aliphatic heterocycles. The molecule has 0 bridgehead atoms. The van der Waals surface area contributed by atoms with Crippen molar-refractivity contribution in [3.8, 4) is 5.69 Å². The quantitative estimate of drug-likeness (QED) is 0.852. The highest BCUT2D eigenvalue weighted by molar-refractivity contribution is 6.31. The molecule has 3 rings (SSSR count). The molecule has 0 radical (unpaired) electrons. The number of carbonyl (C=O) groups is 1. The normalized spacial score (nSPS) is 14.2. The summed E-state index contributed by atoms with van der Waals surface area (Å²) in [7, 11) is 0. The Kier molecular flexibility index (Phi) is 3.26. The largest absolute Gasteiger partial charge is 0.339 e. The molecule has 1 fully saturated rings. The first-order valence-electron chi connectivity index (χ1n) is 6.69.